The molecule has 0 radical (unpaired) electrons. The van der Waals surface area contributed by atoms with E-state index in [9.17, 15) is 14.4 Å². The van der Waals surface area contributed by atoms with Gasteiger partial charge in [-0.2, -0.15) is 0 Å². The molecule has 0 saturated heterocycles. The normalized spacial score (nSPS) is 11.7. The number of anilines is 1. The van der Waals surface area contributed by atoms with Gasteiger partial charge in [-0.15, -0.1) is 0 Å². The fourth-order valence-electron chi connectivity index (χ4n) is 3.56. The van der Waals surface area contributed by atoms with Crippen molar-refractivity contribution < 1.29 is 14.3 Å². The number of aryl methyl sites for hydroxylation is 1. The fourth-order valence-corrected chi connectivity index (χ4v) is 3.73. The molecule has 1 unspecified atom stereocenters. The van der Waals surface area contributed by atoms with E-state index in [0.717, 1.165) is 5.56 Å². The molecule has 0 fully saturated rings. The number of hydrogen-bond donors (Lipinski definition) is 1. The Morgan fingerprint density at radius 2 is 1.78 bits per heavy atom. The van der Waals surface area contributed by atoms with Gasteiger partial charge in [-0.25, -0.2) is 0 Å². The summed E-state index contributed by atoms with van der Waals surface area (Å²) < 4.78 is 6.88. The second kappa shape index (κ2) is 9.83. The highest BCUT2D eigenvalue weighted by atomic mass is 35.5. The largest absolute Gasteiger partial charge is 0.495 e. The van der Waals surface area contributed by atoms with Crippen molar-refractivity contribution in [1.29, 1.82) is 0 Å². The molecule has 7 heteroatoms. The summed E-state index contributed by atoms with van der Waals surface area (Å²) in [5.74, 6) is -0.108. The maximum Gasteiger partial charge on any atom is 0.252 e. The molecule has 0 aliphatic carbocycles. The lowest BCUT2D eigenvalue weighted by molar-refractivity contribution is -0.119. The number of hydrogen-bond acceptors (Lipinski definition) is 4. The molecule has 0 aliphatic rings. The number of carbonyl (C=O) groups excluding carboxylic acids is 2. The smallest absolute Gasteiger partial charge is 0.252 e. The molecule has 0 saturated carbocycles. The molecule has 1 aromatic heterocycles. The van der Waals surface area contributed by atoms with Gasteiger partial charge in [-0.05, 0) is 56.2 Å². The third-order valence-corrected chi connectivity index (χ3v) is 5.49. The number of benzene rings is 2. The molecule has 0 aliphatic heterocycles. The average molecular weight is 453 g/mol. The first kappa shape index (κ1) is 23.3. The molecule has 32 heavy (non-hydrogen) atoms. The Balaban J connectivity index is 2.05. The molecule has 166 valence electrons. The minimum Gasteiger partial charge on any atom is -0.495 e. The van der Waals surface area contributed by atoms with Crippen LogP contribution in [0.25, 0.3) is 11.1 Å². The number of nitrogens with zero attached hydrogens (tertiary/aromatic N) is 1. The van der Waals surface area contributed by atoms with Crippen LogP contribution in [0, 0.1) is 6.92 Å². The number of rotatable bonds is 7. The highest BCUT2D eigenvalue weighted by Crippen LogP contribution is 2.34. The van der Waals surface area contributed by atoms with Gasteiger partial charge in [-0.3, -0.25) is 19.0 Å². The van der Waals surface area contributed by atoms with Gasteiger partial charge in [0, 0.05) is 27.9 Å². The van der Waals surface area contributed by atoms with Crippen LogP contribution < -0.4 is 15.6 Å². The highest BCUT2D eigenvalue weighted by molar-refractivity contribution is 6.31. The zero-order valence-corrected chi connectivity index (χ0v) is 19.2. The number of amides is 1. The van der Waals surface area contributed by atoms with E-state index in [-0.39, 0.29) is 17.2 Å². The summed E-state index contributed by atoms with van der Waals surface area (Å²) in [6, 6.07) is 12.9. The van der Waals surface area contributed by atoms with Gasteiger partial charge in [0.2, 0.25) is 5.91 Å². The minimum atomic E-state index is -0.738. The molecule has 2 aromatic carbocycles. The summed E-state index contributed by atoms with van der Waals surface area (Å²) in [5.41, 5.74) is 2.71. The third-order valence-electron chi connectivity index (χ3n) is 5.26. The van der Waals surface area contributed by atoms with E-state index in [0.29, 0.717) is 39.6 Å². The van der Waals surface area contributed by atoms with Gasteiger partial charge in [0.05, 0.1) is 13.3 Å². The van der Waals surface area contributed by atoms with E-state index in [1.165, 1.54) is 30.9 Å². The van der Waals surface area contributed by atoms with Gasteiger partial charge in [0.15, 0.2) is 5.78 Å². The number of carbonyl (C=O) groups is 2. The van der Waals surface area contributed by atoms with Crippen molar-refractivity contribution in [3.05, 3.63) is 81.2 Å². The summed E-state index contributed by atoms with van der Waals surface area (Å²) in [6.45, 7) is 5.24. The topological polar surface area (TPSA) is 77.4 Å². The van der Waals surface area contributed by atoms with Gasteiger partial charge in [-0.1, -0.05) is 36.2 Å². The van der Waals surface area contributed by atoms with E-state index in [2.05, 4.69) is 5.32 Å². The van der Waals surface area contributed by atoms with Crippen molar-refractivity contribution in [2.24, 2.45) is 0 Å². The highest BCUT2D eigenvalue weighted by Gasteiger charge is 2.23. The van der Waals surface area contributed by atoms with Gasteiger partial charge < -0.3 is 10.1 Å². The molecule has 3 rings (SSSR count). The summed E-state index contributed by atoms with van der Waals surface area (Å²) in [6.07, 6.45) is 1.90. The first-order valence-electron chi connectivity index (χ1n) is 10.2. The molecule has 6 nitrogen and oxygen atoms in total. The van der Waals surface area contributed by atoms with Gasteiger partial charge in [0.1, 0.15) is 11.8 Å². The summed E-state index contributed by atoms with van der Waals surface area (Å²) >= 11 is 6.15. The zero-order valence-electron chi connectivity index (χ0n) is 18.4. The van der Waals surface area contributed by atoms with Crippen LogP contribution in [0.15, 0.2) is 59.5 Å². The quantitative estimate of drug-likeness (QED) is 0.495. The molecular formula is C25H25ClN2O4. The second-order valence-electron chi connectivity index (χ2n) is 7.53. The first-order chi connectivity index (χ1) is 15.2. The van der Waals surface area contributed by atoms with E-state index >= 15 is 0 Å². The Hall–Kier alpha value is -3.38. The predicted octanol–water partition coefficient (Wildman–Crippen LogP) is 5.28. The van der Waals surface area contributed by atoms with Crippen molar-refractivity contribution in [2.45, 2.75) is 33.2 Å². The van der Waals surface area contributed by atoms with Crippen LogP contribution in [0.5, 0.6) is 5.75 Å². The molecule has 1 atom stereocenters. The van der Waals surface area contributed by atoms with Crippen LogP contribution in [0.3, 0.4) is 0 Å². The number of Topliss-reactive ketones (excluding diaryl/α,β-unsaturated/α-hetero) is 1. The van der Waals surface area contributed by atoms with Crippen molar-refractivity contribution in [2.75, 3.05) is 12.4 Å². The molecule has 1 amide bonds. The Bertz CT molecular complexity index is 1220. The lowest BCUT2D eigenvalue weighted by atomic mass is 9.97. The maximum atomic E-state index is 13.1. The van der Waals surface area contributed by atoms with Crippen LogP contribution in [0.2, 0.25) is 5.02 Å². The molecule has 1 heterocycles. The zero-order chi connectivity index (χ0) is 23.4. The number of ketones is 1. The Morgan fingerprint density at radius 3 is 2.38 bits per heavy atom. The van der Waals surface area contributed by atoms with Crippen LogP contribution in [0.4, 0.5) is 5.69 Å². The number of ether oxygens (including phenoxy) is 1. The number of aromatic nitrogens is 1. The number of pyridine rings is 1. The van der Waals surface area contributed by atoms with Crippen molar-refractivity contribution in [1.82, 2.24) is 4.57 Å². The molecular weight excluding hydrogens is 428 g/mol. The lowest BCUT2D eigenvalue weighted by Crippen LogP contribution is -2.32. The van der Waals surface area contributed by atoms with Gasteiger partial charge in [0.25, 0.3) is 5.56 Å². The third kappa shape index (κ3) is 4.92. The van der Waals surface area contributed by atoms with Crippen molar-refractivity contribution in [3.8, 4) is 16.9 Å². The van der Waals surface area contributed by atoms with Crippen molar-refractivity contribution >= 4 is 29.0 Å². The molecule has 0 bridgehead atoms. The second-order valence-corrected chi connectivity index (χ2v) is 7.96. The predicted molar refractivity (Wildman–Crippen MR) is 127 cm³/mol. The van der Waals surface area contributed by atoms with Gasteiger partial charge >= 0.3 is 0 Å². The molecule has 3 aromatic rings. The monoisotopic (exact) mass is 452 g/mol. The number of halogens is 1. The summed E-state index contributed by atoms with van der Waals surface area (Å²) in [4.78, 5) is 38.1. The summed E-state index contributed by atoms with van der Waals surface area (Å²) in [7, 11) is 1.47. The van der Waals surface area contributed by atoms with Crippen LogP contribution in [-0.4, -0.2) is 23.4 Å². The van der Waals surface area contributed by atoms with Crippen LogP contribution in [0.1, 0.15) is 42.2 Å². The van der Waals surface area contributed by atoms with E-state index in [1.807, 2.05) is 38.1 Å². The maximum absolute atomic E-state index is 13.1. The van der Waals surface area contributed by atoms with E-state index < -0.39 is 6.04 Å². The fraction of sp³-hybridized carbons (Fsp3) is 0.240. The first-order valence-corrected chi connectivity index (χ1v) is 10.6. The molecule has 0 spiro atoms. The Morgan fingerprint density at radius 1 is 1.09 bits per heavy atom. The number of methoxy groups -OCH3 is 1. The van der Waals surface area contributed by atoms with Crippen LogP contribution >= 0.6 is 11.6 Å². The van der Waals surface area contributed by atoms with Crippen LogP contribution in [-0.2, 0) is 4.79 Å². The SMILES string of the molecule is CCC(C(=O)Nc1ccc(C)cc1)n1cc(OC)c(-c2cc(Cl)ccc2C(C)=O)cc1=O. The Kier molecular flexibility index (Phi) is 7.15. The average Bonchev–Trinajstić information content (AvgIpc) is 2.76. The molecule has 1 N–H and O–H groups in total. The van der Waals surface area contributed by atoms with Crippen molar-refractivity contribution in [3.63, 3.8) is 0 Å². The Labute approximate surface area is 191 Å². The number of nitrogens with one attached hydrogen (secondary N) is 1. The lowest BCUT2D eigenvalue weighted by Gasteiger charge is -2.20. The summed E-state index contributed by atoms with van der Waals surface area (Å²) in [5, 5.41) is 3.29. The minimum absolute atomic E-state index is 0.160. The van der Waals surface area contributed by atoms with E-state index in [1.54, 1.807) is 18.2 Å². The van der Waals surface area contributed by atoms with E-state index in [4.69, 9.17) is 16.3 Å². The standard InChI is InChI=1S/C25H25ClN2O4/c1-5-22(25(31)27-18-9-6-15(2)7-10-18)28-14-23(32-4)21(13-24(28)30)20-12-17(26)8-11-19(20)16(3)29/h6-14,22H,5H2,1-4H3,(H,27,31).